The first-order chi connectivity index (χ1) is 14.7. The Labute approximate surface area is 173 Å². The van der Waals surface area contributed by atoms with Crippen molar-refractivity contribution in [3.05, 3.63) is 66.4 Å². The van der Waals surface area contributed by atoms with E-state index in [9.17, 15) is 5.26 Å². The van der Waals surface area contributed by atoms with Crippen molar-refractivity contribution in [3.63, 3.8) is 0 Å². The summed E-state index contributed by atoms with van der Waals surface area (Å²) in [6, 6.07) is 18.5. The van der Waals surface area contributed by atoms with Crippen molar-refractivity contribution >= 4 is 11.2 Å². The molecule has 0 saturated carbocycles. The van der Waals surface area contributed by atoms with Crippen LogP contribution < -0.4 is 9.47 Å². The number of fused-ring (bicyclic) bond motifs is 1. The summed E-state index contributed by atoms with van der Waals surface area (Å²) in [5.74, 6) is 2.25. The number of pyridine rings is 1. The third kappa shape index (κ3) is 4.24. The molecule has 1 unspecified atom stereocenters. The first-order valence-electron chi connectivity index (χ1n) is 9.45. The van der Waals surface area contributed by atoms with Gasteiger partial charge in [-0.1, -0.05) is 12.1 Å². The third-order valence-corrected chi connectivity index (χ3v) is 4.38. The second kappa shape index (κ2) is 8.64. The van der Waals surface area contributed by atoms with Crippen LogP contribution in [0.4, 0.5) is 0 Å². The number of aromatic amines is 1. The van der Waals surface area contributed by atoms with Gasteiger partial charge >= 0.3 is 0 Å². The quantitative estimate of drug-likeness (QED) is 0.483. The molecule has 1 N–H and O–H groups in total. The van der Waals surface area contributed by atoms with Gasteiger partial charge in [-0.2, -0.15) is 5.26 Å². The summed E-state index contributed by atoms with van der Waals surface area (Å²) >= 11 is 0. The molecule has 7 heteroatoms. The fraction of sp³-hybridized carbons (Fsp3) is 0.174. The van der Waals surface area contributed by atoms with Gasteiger partial charge in [0.25, 0.3) is 0 Å². The molecule has 0 saturated heterocycles. The molecular weight excluding hydrogens is 380 g/mol. The molecule has 150 valence electrons. The first-order valence-corrected chi connectivity index (χ1v) is 9.45. The summed E-state index contributed by atoms with van der Waals surface area (Å²) in [4.78, 5) is 12.1. The van der Waals surface area contributed by atoms with E-state index in [1.165, 1.54) is 0 Å². The lowest BCUT2D eigenvalue weighted by atomic mass is 10.1. The van der Waals surface area contributed by atoms with E-state index in [2.05, 4.69) is 21.0 Å². The molecule has 0 radical (unpaired) electrons. The average Bonchev–Trinajstić information content (AvgIpc) is 3.18. The van der Waals surface area contributed by atoms with E-state index in [-0.39, 0.29) is 6.10 Å². The van der Waals surface area contributed by atoms with Gasteiger partial charge in [-0.3, -0.25) is 0 Å². The molecule has 0 fully saturated rings. The molecule has 0 bridgehead atoms. The number of nitrogens with zero attached hydrogens (tertiary/aromatic N) is 3. The number of para-hydroxylation sites is 1. The van der Waals surface area contributed by atoms with Crippen LogP contribution in [-0.2, 0) is 4.74 Å². The van der Waals surface area contributed by atoms with Crippen molar-refractivity contribution in [2.24, 2.45) is 0 Å². The van der Waals surface area contributed by atoms with Crippen LogP contribution in [0.1, 0.15) is 12.5 Å². The highest BCUT2D eigenvalue weighted by Crippen LogP contribution is 2.33. The lowest BCUT2D eigenvalue weighted by Crippen LogP contribution is -2.17. The van der Waals surface area contributed by atoms with Crippen molar-refractivity contribution in [1.29, 1.82) is 5.26 Å². The molecule has 1 atom stereocenters. The molecular formula is C23H20N4O3. The minimum absolute atomic E-state index is 0.151. The van der Waals surface area contributed by atoms with E-state index < -0.39 is 0 Å². The molecule has 2 heterocycles. The van der Waals surface area contributed by atoms with Gasteiger partial charge < -0.3 is 19.2 Å². The molecule has 4 aromatic rings. The van der Waals surface area contributed by atoms with Gasteiger partial charge in [-0.15, -0.1) is 0 Å². The zero-order valence-electron chi connectivity index (χ0n) is 16.6. The standard InChI is InChI=1S/C23H20N4O3/c1-15(14-28-2)29-18-10-17(22-26-20-7-5-9-25-23(20)27-22)11-19(12-18)30-21-8-4-3-6-16(21)13-24/h3-12,15H,14H2,1-2H3,(H,25,26,27). The predicted molar refractivity (Wildman–Crippen MR) is 113 cm³/mol. The number of H-pyrrole nitrogens is 1. The maximum Gasteiger partial charge on any atom is 0.178 e. The Kier molecular flexibility index (Phi) is 5.59. The highest BCUT2D eigenvalue weighted by molar-refractivity contribution is 5.76. The number of imidazole rings is 1. The summed E-state index contributed by atoms with van der Waals surface area (Å²) in [5, 5.41) is 9.35. The number of nitrogens with one attached hydrogen (secondary N) is 1. The molecule has 2 aromatic carbocycles. The number of rotatable bonds is 7. The lowest BCUT2D eigenvalue weighted by molar-refractivity contribution is 0.0920. The zero-order chi connectivity index (χ0) is 20.9. The minimum atomic E-state index is -0.151. The van der Waals surface area contributed by atoms with Gasteiger partial charge in [-0.25, -0.2) is 9.97 Å². The molecule has 0 spiro atoms. The Morgan fingerprint density at radius 2 is 1.93 bits per heavy atom. The fourth-order valence-corrected chi connectivity index (χ4v) is 3.09. The Hall–Kier alpha value is -3.89. The smallest absolute Gasteiger partial charge is 0.178 e. The largest absolute Gasteiger partial charge is 0.488 e. The molecule has 0 aliphatic carbocycles. The van der Waals surface area contributed by atoms with Crippen molar-refractivity contribution in [2.45, 2.75) is 13.0 Å². The summed E-state index contributed by atoms with van der Waals surface area (Å²) < 4.78 is 17.2. The second-order valence-corrected chi connectivity index (χ2v) is 6.75. The summed E-state index contributed by atoms with van der Waals surface area (Å²) in [7, 11) is 1.63. The second-order valence-electron chi connectivity index (χ2n) is 6.75. The van der Waals surface area contributed by atoms with E-state index in [1.807, 2.05) is 37.3 Å². The highest BCUT2D eigenvalue weighted by atomic mass is 16.5. The van der Waals surface area contributed by atoms with Gasteiger partial charge in [-0.05, 0) is 43.3 Å². The van der Waals surface area contributed by atoms with Crippen LogP contribution in [0.5, 0.6) is 17.2 Å². The maximum absolute atomic E-state index is 9.35. The number of nitriles is 1. The average molecular weight is 400 g/mol. The number of methoxy groups -OCH3 is 1. The monoisotopic (exact) mass is 400 g/mol. The van der Waals surface area contributed by atoms with E-state index in [1.54, 1.807) is 37.6 Å². The normalized spacial score (nSPS) is 11.8. The topological polar surface area (TPSA) is 93.1 Å². The van der Waals surface area contributed by atoms with Crippen molar-refractivity contribution in [2.75, 3.05) is 13.7 Å². The molecule has 30 heavy (non-hydrogen) atoms. The van der Waals surface area contributed by atoms with E-state index in [0.717, 1.165) is 11.1 Å². The highest BCUT2D eigenvalue weighted by Gasteiger charge is 2.13. The van der Waals surface area contributed by atoms with Crippen LogP contribution in [0.25, 0.3) is 22.6 Å². The van der Waals surface area contributed by atoms with Crippen LogP contribution in [0.2, 0.25) is 0 Å². The number of ether oxygens (including phenoxy) is 3. The van der Waals surface area contributed by atoms with Gasteiger partial charge in [0, 0.05) is 24.9 Å². The van der Waals surface area contributed by atoms with Gasteiger partial charge in [0.2, 0.25) is 0 Å². The summed E-state index contributed by atoms with van der Waals surface area (Å²) in [6.07, 6.45) is 1.55. The van der Waals surface area contributed by atoms with Gasteiger partial charge in [0.15, 0.2) is 5.65 Å². The van der Waals surface area contributed by atoms with Crippen LogP contribution in [0.3, 0.4) is 0 Å². The number of hydrogen-bond acceptors (Lipinski definition) is 6. The van der Waals surface area contributed by atoms with Gasteiger partial charge in [0.05, 0.1) is 17.7 Å². The number of benzene rings is 2. The van der Waals surface area contributed by atoms with Crippen molar-refractivity contribution < 1.29 is 14.2 Å². The van der Waals surface area contributed by atoms with E-state index in [4.69, 9.17) is 14.2 Å². The molecule has 7 nitrogen and oxygen atoms in total. The Balaban J connectivity index is 1.75. The molecule has 4 rings (SSSR count). The minimum Gasteiger partial charge on any atom is -0.488 e. The zero-order valence-corrected chi connectivity index (χ0v) is 16.6. The Morgan fingerprint density at radius 1 is 1.10 bits per heavy atom. The fourth-order valence-electron chi connectivity index (χ4n) is 3.09. The summed E-state index contributed by atoms with van der Waals surface area (Å²) in [5.41, 5.74) is 2.69. The number of hydrogen-bond donors (Lipinski definition) is 1. The Bertz CT molecular complexity index is 1180. The SMILES string of the molecule is COCC(C)Oc1cc(Oc2ccccc2C#N)cc(-c2nc3ncccc3[nH]2)c1. The molecule has 0 amide bonds. The lowest BCUT2D eigenvalue weighted by Gasteiger charge is -2.16. The van der Waals surface area contributed by atoms with Crippen LogP contribution >= 0.6 is 0 Å². The van der Waals surface area contributed by atoms with E-state index in [0.29, 0.717) is 40.9 Å². The first kappa shape index (κ1) is 19.4. The van der Waals surface area contributed by atoms with Crippen LogP contribution in [0.15, 0.2) is 60.8 Å². The molecule has 2 aromatic heterocycles. The molecule has 0 aliphatic rings. The number of aromatic nitrogens is 3. The third-order valence-electron chi connectivity index (χ3n) is 4.38. The van der Waals surface area contributed by atoms with Crippen molar-refractivity contribution in [3.8, 4) is 34.7 Å². The van der Waals surface area contributed by atoms with E-state index >= 15 is 0 Å². The van der Waals surface area contributed by atoms with Gasteiger partial charge in [0.1, 0.15) is 35.2 Å². The predicted octanol–water partition coefficient (Wildman–Crippen LogP) is 4.70. The molecule has 0 aliphatic heterocycles. The van der Waals surface area contributed by atoms with Crippen LogP contribution in [0, 0.1) is 11.3 Å². The van der Waals surface area contributed by atoms with Crippen molar-refractivity contribution in [1.82, 2.24) is 15.0 Å². The Morgan fingerprint density at radius 3 is 2.73 bits per heavy atom. The summed E-state index contributed by atoms with van der Waals surface area (Å²) in [6.45, 7) is 2.37. The van der Waals surface area contributed by atoms with Crippen LogP contribution in [-0.4, -0.2) is 34.8 Å². The maximum atomic E-state index is 9.35.